The molecular weight excluding hydrogens is 564 g/mol. The molecular formula is C36H51ClO6. The van der Waals surface area contributed by atoms with Crippen LogP contribution in [-0.2, 0) is 28.5 Å². The molecule has 0 radical (unpaired) electrons. The van der Waals surface area contributed by atoms with E-state index >= 15 is 0 Å². The lowest BCUT2D eigenvalue weighted by Crippen LogP contribution is -2.25. The Morgan fingerprint density at radius 3 is 1.49 bits per heavy atom. The molecule has 0 amide bonds. The highest BCUT2D eigenvalue weighted by molar-refractivity contribution is 6.21. The molecule has 0 bridgehead atoms. The molecule has 3 rings (SSSR count). The molecule has 238 valence electrons. The van der Waals surface area contributed by atoms with Crippen LogP contribution < -0.4 is 0 Å². The first-order valence-corrected chi connectivity index (χ1v) is 16.9. The lowest BCUT2D eigenvalue weighted by atomic mass is 9.80. The van der Waals surface area contributed by atoms with E-state index in [2.05, 4.69) is 36.8 Å². The minimum atomic E-state index is -0.366. The van der Waals surface area contributed by atoms with Crippen molar-refractivity contribution in [3.63, 3.8) is 0 Å². The van der Waals surface area contributed by atoms with Crippen molar-refractivity contribution in [1.82, 2.24) is 0 Å². The SMILES string of the molecule is C=CC(=O)OCCCCOC1CCC(C#CC2CCC(C#CC3CCC(OCCCCOC(=O)C=C)CC3)C(Cl)C2)CC1. The normalized spacial score (nSPS) is 28.7. The second-order valence-corrected chi connectivity index (χ2v) is 12.6. The summed E-state index contributed by atoms with van der Waals surface area (Å²) < 4.78 is 22.1. The van der Waals surface area contributed by atoms with Gasteiger partial charge in [0, 0.05) is 54.4 Å². The molecule has 0 heterocycles. The lowest BCUT2D eigenvalue weighted by Gasteiger charge is -2.29. The molecule has 0 aromatic heterocycles. The molecule has 0 aromatic carbocycles. The topological polar surface area (TPSA) is 71.1 Å². The fraction of sp³-hybridized carbons (Fsp3) is 0.722. The number of alkyl halides is 1. The fourth-order valence-electron chi connectivity index (χ4n) is 5.99. The summed E-state index contributed by atoms with van der Waals surface area (Å²) in [4.78, 5) is 22.1. The second-order valence-electron chi connectivity index (χ2n) is 12.1. The van der Waals surface area contributed by atoms with Gasteiger partial charge in [-0.25, -0.2) is 9.59 Å². The molecule has 0 aromatic rings. The van der Waals surface area contributed by atoms with Crippen LogP contribution in [0.15, 0.2) is 25.3 Å². The van der Waals surface area contributed by atoms with Gasteiger partial charge in [0.1, 0.15) is 0 Å². The molecule has 3 saturated carbocycles. The Morgan fingerprint density at radius 2 is 1.02 bits per heavy atom. The minimum absolute atomic E-state index is 0.0791. The Bertz CT molecular complexity index is 987. The predicted octanol–water partition coefficient (Wildman–Crippen LogP) is 7.19. The summed E-state index contributed by atoms with van der Waals surface area (Å²) in [5.41, 5.74) is 0. The highest BCUT2D eigenvalue weighted by Gasteiger charge is 2.28. The van der Waals surface area contributed by atoms with Crippen molar-refractivity contribution in [2.75, 3.05) is 26.4 Å². The van der Waals surface area contributed by atoms with E-state index in [9.17, 15) is 9.59 Å². The summed E-state index contributed by atoms with van der Waals surface area (Å²) in [6, 6.07) is 0. The van der Waals surface area contributed by atoms with E-state index < -0.39 is 0 Å². The Kier molecular flexibility index (Phi) is 16.9. The van der Waals surface area contributed by atoms with E-state index in [1.807, 2.05) is 0 Å². The van der Waals surface area contributed by atoms with Gasteiger partial charge in [-0.3, -0.25) is 0 Å². The third-order valence-corrected chi connectivity index (χ3v) is 9.17. The van der Waals surface area contributed by atoms with Gasteiger partial charge in [0.05, 0.1) is 25.4 Å². The molecule has 0 aliphatic heterocycles. The molecule has 3 atom stereocenters. The van der Waals surface area contributed by atoms with Crippen LogP contribution in [0.25, 0.3) is 0 Å². The zero-order chi connectivity index (χ0) is 30.7. The maximum atomic E-state index is 11.0. The van der Waals surface area contributed by atoms with E-state index in [4.69, 9.17) is 30.5 Å². The van der Waals surface area contributed by atoms with Gasteiger partial charge in [0.2, 0.25) is 0 Å². The fourth-order valence-corrected chi connectivity index (χ4v) is 6.39. The monoisotopic (exact) mass is 614 g/mol. The van der Waals surface area contributed by atoms with Gasteiger partial charge in [-0.05, 0) is 96.3 Å². The number of halogens is 1. The largest absolute Gasteiger partial charge is 0.463 e. The van der Waals surface area contributed by atoms with E-state index in [-0.39, 0.29) is 23.2 Å². The zero-order valence-corrected chi connectivity index (χ0v) is 26.6. The average molecular weight is 615 g/mol. The van der Waals surface area contributed by atoms with Gasteiger partial charge < -0.3 is 18.9 Å². The van der Waals surface area contributed by atoms with Crippen LogP contribution in [0.3, 0.4) is 0 Å². The first-order valence-electron chi connectivity index (χ1n) is 16.4. The average Bonchev–Trinajstić information content (AvgIpc) is 3.03. The van der Waals surface area contributed by atoms with Gasteiger partial charge in [0.25, 0.3) is 0 Å². The quantitative estimate of drug-likeness (QED) is 0.0678. The molecule has 6 nitrogen and oxygen atoms in total. The van der Waals surface area contributed by atoms with Crippen molar-refractivity contribution in [1.29, 1.82) is 0 Å². The molecule has 0 spiro atoms. The van der Waals surface area contributed by atoms with Gasteiger partial charge in [0.15, 0.2) is 0 Å². The van der Waals surface area contributed by atoms with Gasteiger partial charge >= 0.3 is 11.9 Å². The Balaban J connectivity index is 1.23. The summed E-state index contributed by atoms with van der Waals surface area (Å²) in [5.74, 6) is 15.1. The number of carbonyl (C=O) groups is 2. The predicted molar refractivity (Wildman–Crippen MR) is 170 cm³/mol. The summed E-state index contributed by atoms with van der Waals surface area (Å²) in [5, 5.41) is 0.0791. The molecule has 3 fully saturated rings. The van der Waals surface area contributed by atoms with Crippen LogP contribution in [-0.4, -0.2) is 56.0 Å². The molecule has 7 heteroatoms. The lowest BCUT2D eigenvalue weighted by molar-refractivity contribution is -0.138. The minimum Gasteiger partial charge on any atom is -0.463 e. The van der Waals surface area contributed by atoms with Crippen LogP contribution >= 0.6 is 11.6 Å². The van der Waals surface area contributed by atoms with Crippen molar-refractivity contribution < 1.29 is 28.5 Å². The third kappa shape index (κ3) is 14.4. The Labute approximate surface area is 264 Å². The number of unbranched alkanes of at least 4 members (excludes halogenated alkanes) is 2. The summed E-state index contributed by atoms with van der Waals surface area (Å²) >= 11 is 6.81. The molecule has 0 saturated heterocycles. The van der Waals surface area contributed by atoms with Crippen molar-refractivity contribution >= 4 is 23.5 Å². The Morgan fingerprint density at radius 1 is 0.605 bits per heavy atom. The number of rotatable bonds is 14. The summed E-state index contributed by atoms with van der Waals surface area (Å²) in [6.07, 6.45) is 18.1. The smallest absolute Gasteiger partial charge is 0.330 e. The van der Waals surface area contributed by atoms with Gasteiger partial charge in [-0.15, -0.1) is 11.6 Å². The number of carbonyl (C=O) groups excluding carboxylic acids is 2. The van der Waals surface area contributed by atoms with Crippen LogP contribution in [0.1, 0.15) is 96.3 Å². The second kappa shape index (κ2) is 20.7. The third-order valence-electron chi connectivity index (χ3n) is 8.69. The molecule has 0 N–H and O–H groups in total. The van der Waals surface area contributed by atoms with E-state index in [0.717, 1.165) is 96.3 Å². The molecule has 43 heavy (non-hydrogen) atoms. The zero-order valence-electron chi connectivity index (χ0n) is 25.9. The van der Waals surface area contributed by atoms with Crippen LogP contribution in [0.2, 0.25) is 0 Å². The number of esters is 2. The maximum Gasteiger partial charge on any atom is 0.330 e. The standard InChI is InChI=1S/C36H51ClO6/c1-3-35(38)42-25-7-5-23-40-32-19-13-28(14-20-32)9-10-30-12-18-31(34(37)27-30)17-11-29-15-21-33(22-16-29)41-24-6-8-26-43-36(39)4-2/h3-4,28-34H,1-2,5-8,12-16,18-27H2. The molecule has 3 aliphatic rings. The number of ether oxygens (including phenoxy) is 4. The molecule has 3 aliphatic carbocycles. The number of hydrogen-bond donors (Lipinski definition) is 0. The van der Waals surface area contributed by atoms with Crippen LogP contribution in [0, 0.1) is 47.4 Å². The highest BCUT2D eigenvalue weighted by atomic mass is 35.5. The van der Waals surface area contributed by atoms with Crippen molar-refractivity contribution in [2.45, 2.75) is 114 Å². The number of hydrogen-bond acceptors (Lipinski definition) is 6. The van der Waals surface area contributed by atoms with Crippen molar-refractivity contribution in [3.8, 4) is 23.7 Å². The first-order chi connectivity index (χ1) is 21.0. The van der Waals surface area contributed by atoms with Gasteiger partial charge in [-0.2, -0.15) is 0 Å². The highest BCUT2D eigenvalue weighted by Crippen LogP contribution is 2.34. The molecule has 3 unspecified atom stereocenters. The van der Waals surface area contributed by atoms with Crippen LogP contribution in [0.5, 0.6) is 0 Å². The van der Waals surface area contributed by atoms with E-state index in [1.165, 1.54) is 12.2 Å². The summed E-state index contributed by atoms with van der Waals surface area (Å²) in [6.45, 7) is 9.06. The van der Waals surface area contributed by atoms with E-state index in [1.54, 1.807) is 0 Å². The van der Waals surface area contributed by atoms with E-state index in [0.29, 0.717) is 56.4 Å². The Hall–Kier alpha value is -2.25. The van der Waals surface area contributed by atoms with Crippen molar-refractivity contribution in [2.24, 2.45) is 23.7 Å². The van der Waals surface area contributed by atoms with Gasteiger partial charge in [-0.1, -0.05) is 36.8 Å². The summed E-state index contributed by atoms with van der Waals surface area (Å²) in [7, 11) is 0. The van der Waals surface area contributed by atoms with Crippen LogP contribution in [0.4, 0.5) is 0 Å². The maximum absolute atomic E-state index is 11.0. The first kappa shape index (κ1) is 35.2. The van der Waals surface area contributed by atoms with Crippen molar-refractivity contribution in [3.05, 3.63) is 25.3 Å².